The van der Waals surface area contributed by atoms with Crippen molar-refractivity contribution in [3.8, 4) is 34.0 Å². The van der Waals surface area contributed by atoms with Crippen molar-refractivity contribution in [2.45, 2.75) is 67.7 Å². The van der Waals surface area contributed by atoms with Crippen LogP contribution >= 0.6 is 11.6 Å². The number of halogens is 1. The maximum atomic E-state index is 6.30. The van der Waals surface area contributed by atoms with Crippen LogP contribution in [0.4, 0.5) is 11.6 Å². The Kier molecular flexibility index (Phi) is 12.9. The fraction of sp³-hybridized carbons (Fsp3) is 0.325. The number of hydrogen-bond acceptors (Lipinski definition) is 14. The van der Waals surface area contributed by atoms with Crippen molar-refractivity contribution in [1.82, 2.24) is 60.0 Å². The Morgan fingerprint density at radius 2 is 1.22 bits per heavy atom. The van der Waals surface area contributed by atoms with E-state index in [-0.39, 0.29) is 60.6 Å². The van der Waals surface area contributed by atoms with Crippen molar-refractivity contribution >= 4 is 67.4 Å². The number of hydrogen-bond donors (Lipinski definition) is 3. The second-order valence-electron chi connectivity index (χ2n) is 14.1. The van der Waals surface area contributed by atoms with E-state index < -0.39 is 0 Å². The normalized spacial score (nSPS) is 12.2. The van der Waals surface area contributed by atoms with Gasteiger partial charge in [-0.2, -0.15) is 5.10 Å². The summed E-state index contributed by atoms with van der Waals surface area (Å²) in [5.41, 5.74) is 8.31. The Bertz CT molecular complexity index is 3020. The molecular formula is C40H42ClN13O4PdY. The van der Waals surface area contributed by atoms with E-state index in [0.717, 1.165) is 55.6 Å². The number of pyridine rings is 2. The smallest absolute Gasteiger partial charge is 0.146 e. The van der Waals surface area contributed by atoms with Crippen LogP contribution in [0.5, 0.6) is 11.5 Å². The van der Waals surface area contributed by atoms with Crippen LogP contribution in [-0.2, 0) is 60.2 Å². The molecule has 9 aromatic rings. The number of aromatic nitrogens is 12. The van der Waals surface area contributed by atoms with Gasteiger partial charge in [-0.15, -0.1) is 0 Å². The van der Waals surface area contributed by atoms with Gasteiger partial charge < -0.3 is 33.8 Å². The molecule has 9 heterocycles. The summed E-state index contributed by atoms with van der Waals surface area (Å²) in [7, 11) is 5.17. The second kappa shape index (κ2) is 17.3. The van der Waals surface area contributed by atoms with Crippen LogP contribution in [0.3, 0.4) is 0 Å². The van der Waals surface area contributed by atoms with Gasteiger partial charge in [-0.25, -0.2) is 29.9 Å². The number of aryl methyl sites for hydroxylation is 7. The van der Waals surface area contributed by atoms with Crippen LogP contribution in [0.1, 0.15) is 66.4 Å². The molecule has 311 valence electrons. The molecule has 1 aliphatic rings. The molecule has 0 aromatic carbocycles. The van der Waals surface area contributed by atoms with Crippen molar-refractivity contribution < 1.29 is 71.7 Å². The molecule has 3 N–H and O–H groups in total. The molecule has 9 aromatic heterocycles. The van der Waals surface area contributed by atoms with Crippen molar-refractivity contribution in [3.63, 3.8) is 0 Å². The van der Waals surface area contributed by atoms with Crippen LogP contribution in [-0.4, -0.2) is 74.2 Å². The van der Waals surface area contributed by atoms with Gasteiger partial charge in [0.15, 0.2) is 0 Å². The number of fused-ring (bicyclic) bond motifs is 6. The first-order valence-corrected chi connectivity index (χ1v) is 18.6. The Morgan fingerprint density at radius 1 is 0.717 bits per heavy atom. The van der Waals surface area contributed by atoms with Gasteiger partial charge >= 0.3 is 0 Å². The van der Waals surface area contributed by atoms with Gasteiger partial charge in [0.2, 0.25) is 0 Å². The number of anilines is 2. The first-order valence-electron chi connectivity index (χ1n) is 18.2. The van der Waals surface area contributed by atoms with E-state index in [1.165, 1.54) is 12.8 Å². The maximum Gasteiger partial charge on any atom is 0.146 e. The van der Waals surface area contributed by atoms with Crippen LogP contribution < -0.4 is 14.8 Å². The molecule has 1 radical (unpaired) electrons. The fourth-order valence-corrected chi connectivity index (χ4v) is 7.59. The van der Waals surface area contributed by atoms with Crippen molar-refractivity contribution in [2.24, 2.45) is 7.05 Å². The molecule has 60 heavy (non-hydrogen) atoms. The van der Waals surface area contributed by atoms with Crippen LogP contribution in [0.2, 0.25) is 5.15 Å². The number of H-pyrrole nitrogens is 2. The molecule has 0 spiro atoms. The van der Waals surface area contributed by atoms with Crippen molar-refractivity contribution in [1.29, 1.82) is 0 Å². The number of nitrogens with zero attached hydrogens (tertiary/aromatic N) is 10. The maximum absolute atomic E-state index is 6.30. The predicted molar refractivity (Wildman–Crippen MR) is 221 cm³/mol. The largest absolute Gasteiger partial charge is 0.494 e. The summed E-state index contributed by atoms with van der Waals surface area (Å²) >= 11 is 6.30. The van der Waals surface area contributed by atoms with E-state index in [4.69, 9.17) is 45.1 Å². The fourth-order valence-electron chi connectivity index (χ4n) is 7.28. The zero-order valence-corrected chi connectivity index (χ0v) is 38.7. The van der Waals surface area contributed by atoms with E-state index in [9.17, 15) is 0 Å². The first kappa shape index (κ1) is 44.7. The van der Waals surface area contributed by atoms with Gasteiger partial charge in [-0.1, -0.05) is 29.3 Å². The van der Waals surface area contributed by atoms with Gasteiger partial charge in [0.05, 0.1) is 53.2 Å². The van der Waals surface area contributed by atoms with Gasteiger partial charge in [-0.05, 0) is 66.5 Å². The molecule has 0 amide bonds. The summed E-state index contributed by atoms with van der Waals surface area (Å²) in [6.07, 6.45) is 2.41. The topological polar surface area (TPSA) is 209 Å². The van der Waals surface area contributed by atoms with E-state index in [2.05, 4.69) is 51.7 Å². The molecule has 0 saturated heterocycles. The monoisotopic (exact) mass is 998 g/mol. The predicted octanol–water partition coefficient (Wildman–Crippen LogP) is 8.83. The summed E-state index contributed by atoms with van der Waals surface area (Å²) in [5, 5.41) is 19.8. The van der Waals surface area contributed by atoms with Gasteiger partial charge in [0.1, 0.15) is 85.4 Å². The number of ether oxygens (including phenoxy) is 2. The quantitative estimate of drug-likeness (QED) is 0.101. The van der Waals surface area contributed by atoms with Crippen molar-refractivity contribution in [2.75, 3.05) is 19.5 Å². The molecule has 1 aliphatic carbocycles. The van der Waals surface area contributed by atoms with Gasteiger partial charge in [-0.3, -0.25) is 4.68 Å². The molecule has 10 rings (SSSR count). The summed E-state index contributed by atoms with van der Waals surface area (Å²) in [6, 6.07) is 5.95. The Labute approximate surface area is 388 Å². The van der Waals surface area contributed by atoms with E-state index in [0.29, 0.717) is 85.5 Å². The number of aromatic amines is 2. The van der Waals surface area contributed by atoms with Gasteiger partial charge in [0, 0.05) is 82.9 Å². The third-order valence-corrected chi connectivity index (χ3v) is 10.4. The number of methoxy groups -OCH3 is 2. The number of nitrogens with one attached hydrogen (secondary N) is 3. The Morgan fingerprint density at radius 3 is 1.70 bits per heavy atom. The summed E-state index contributed by atoms with van der Waals surface area (Å²) in [4.78, 5) is 34.1. The molecule has 0 unspecified atom stereocenters. The number of rotatable bonds is 7. The summed E-state index contributed by atoms with van der Waals surface area (Å²) in [6.45, 7) is 11.1. The van der Waals surface area contributed by atoms with Crippen molar-refractivity contribution in [3.05, 3.63) is 63.6 Å². The minimum Gasteiger partial charge on any atom is -0.494 e. The van der Waals surface area contributed by atoms with Crippen LogP contribution in [0, 0.1) is 41.5 Å². The SMILES string of the molecule is C.COc1cc2c(nc1-c1c(C)noc1C)[nH]c1nc(C)nc(Cl)c12.COc1cc2c(nc1-c1c(C)noc1C)[nH]c1nc(C)nc(Nc3cc(C4CC4)nn3C)c12.[Pd].[Y]. The summed E-state index contributed by atoms with van der Waals surface area (Å²) in [5.74, 6) is 6.01. The third kappa shape index (κ3) is 7.80. The third-order valence-electron chi connectivity index (χ3n) is 10.1. The minimum atomic E-state index is 0. The Hall–Kier alpha value is -4.85. The molecule has 0 aliphatic heterocycles. The molecule has 0 bridgehead atoms. The second-order valence-corrected chi connectivity index (χ2v) is 14.5. The minimum absolute atomic E-state index is 0. The average molecular weight is 1000 g/mol. The standard InChI is InChI=1S/C23H24N8O2.C16H14ClN5O2.CH4.Pd.Y/c1-10-18(11(2)33-30-10)20-16(32-5)8-14-19-22(24-12(3)25-23(19)28-21(14)27-20)26-17-9-15(13-6-7-13)29-31(17)4;1-6-11(7(2)24-22-6)13-10(23-4)5-9-12-14(17)18-8(3)19-16(12)21-15(9)20-13;;;/h8-9,13H,6-7H2,1-5H3,(H2,24,25,26,27,28);5H,1-4H3,(H,18,19,20,21);1H4;;. The van der Waals surface area contributed by atoms with Crippen LogP contribution in [0.15, 0.2) is 27.2 Å². The average Bonchev–Trinajstić information content (AvgIpc) is 3.33. The molecule has 1 fully saturated rings. The molecule has 1 saturated carbocycles. The molecule has 20 heteroatoms. The zero-order valence-electron chi connectivity index (χ0n) is 33.6. The summed E-state index contributed by atoms with van der Waals surface area (Å²) < 4.78 is 23.7. The van der Waals surface area contributed by atoms with E-state index in [1.807, 2.05) is 58.5 Å². The molecule has 0 atom stereocenters. The van der Waals surface area contributed by atoms with E-state index in [1.54, 1.807) is 21.1 Å². The zero-order chi connectivity index (χ0) is 39.9. The molecule has 17 nitrogen and oxygen atoms in total. The van der Waals surface area contributed by atoms with Gasteiger partial charge in [0.25, 0.3) is 0 Å². The van der Waals surface area contributed by atoms with E-state index >= 15 is 0 Å². The Balaban J connectivity index is 0.000000200. The first-order chi connectivity index (χ1) is 27.4. The molecular weight excluding hydrogens is 957 g/mol. The van der Waals surface area contributed by atoms with Crippen LogP contribution in [0.25, 0.3) is 66.6 Å².